The lowest BCUT2D eigenvalue weighted by Gasteiger charge is -2.33. The standard InChI is InChI=1S/C27H32F3N7O4/c28-27(29,30)40-23-6-4-21(5-7-23)24-33-26(41-34-24)37-15-13-36(14-16-37)25(38)32-18-39-19-35-11-8-20(9-12-35)17-22-3-1-2-10-31-22/h1-7,10,20H,8-9,11-19H2,(H,32,38). The van der Waals surface area contributed by atoms with Gasteiger partial charge in [0.05, 0.1) is 0 Å². The van der Waals surface area contributed by atoms with E-state index in [1.54, 1.807) is 4.90 Å². The Morgan fingerprint density at radius 2 is 1.78 bits per heavy atom. The molecule has 0 unspecified atom stereocenters. The Bertz CT molecular complexity index is 1240. The molecule has 41 heavy (non-hydrogen) atoms. The summed E-state index contributed by atoms with van der Waals surface area (Å²) in [6.07, 6.45) is 0.281. The van der Waals surface area contributed by atoms with E-state index >= 15 is 0 Å². The van der Waals surface area contributed by atoms with Crippen LogP contribution in [0.2, 0.25) is 0 Å². The lowest BCUT2D eigenvalue weighted by molar-refractivity contribution is -0.274. The van der Waals surface area contributed by atoms with Crippen molar-refractivity contribution in [1.82, 2.24) is 30.2 Å². The van der Waals surface area contributed by atoms with Crippen molar-refractivity contribution < 1.29 is 32.0 Å². The second-order valence-corrected chi connectivity index (χ2v) is 9.99. The molecular formula is C27H32F3N7O4. The van der Waals surface area contributed by atoms with Crippen LogP contribution < -0.4 is 15.0 Å². The summed E-state index contributed by atoms with van der Waals surface area (Å²) in [7, 11) is 0. The molecule has 1 aromatic carbocycles. The number of piperazine rings is 1. The van der Waals surface area contributed by atoms with Crippen molar-refractivity contribution in [2.24, 2.45) is 5.92 Å². The number of amides is 2. The zero-order valence-electron chi connectivity index (χ0n) is 22.4. The number of piperidine rings is 1. The van der Waals surface area contributed by atoms with Crippen molar-refractivity contribution in [3.05, 3.63) is 54.4 Å². The van der Waals surface area contributed by atoms with Crippen LogP contribution in [0.15, 0.2) is 53.2 Å². The van der Waals surface area contributed by atoms with Crippen LogP contribution in [0.1, 0.15) is 18.5 Å². The van der Waals surface area contributed by atoms with Crippen LogP contribution in [0.4, 0.5) is 24.0 Å². The van der Waals surface area contributed by atoms with Gasteiger partial charge in [-0.25, -0.2) is 4.79 Å². The normalized spacial score (nSPS) is 17.0. The van der Waals surface area contributed by atoms with E-state index in [0.717, 1.165) is 38.0 Å². The fraction of sp³-hybridized carbons (Fsp3) is 0.481. The maximum absolute atomic E-state index is 12.6. The van der Waals surface area contributed by atoms with E-state index in [1.165, 1.54) is 24.3 Å². The topological polar surface area (TPSA) is 109 Å². The lowest BCUT2D eigenvalue weighted by atomic mass is 9.92. The number of nitrogens with zero attached hydrogens (tertiary/aromatic N) is 6. The number of rotatable bonds is 9. The molecule has 4 heterocycles. The number of aromatic nitrogens is 3. The third kappa shape index (κ3) is 8.30. The number of hydrogen-bond donors (Lipinski definition) is 1. The van der Waals surface area contributed by atoms with Crippen LogP contribution in [0.25, 0.3) is 11.4 Å². The number of alkyl halides is 3. The zero-order chi connectivity index (χ0) is 28.7. The summed E-state index contributed by atoms with van der Waals surface area (Å²) in [5, 5.41) is 6.74. The largest absolute Gasteiger partial charge is 0.573 e. The molecule has 2 saturated heterocycles. The molecule has 1 N–H and O–H groups in total. The zero-order valence-corrected chi connectivity index (χ0v) is 22.4. The van der Waals surface area contributed by atoms with Gasteiger partial charge in [0.15, 0.2) is 0 Å². The number of nitrogens with one attached hydrogen (secondary N) is 1. The first-order valence-corrected chi connectivity index (χ1v) is 13.5. The van der Waals surface area contributed by atoms with Crippen molar-refractivity contribution in [2.45, 2.75) is 25.6 Å². The maximum atomic E-state index is 12.6. The van der Waals surface area contributed by atoms with Crippen molar-refractivity contribution in [3.63, 3.8) is 0 Å². The Morgan fingerprint density at radius 3 is 2.46 bits per heavy atom. The van der Waals surface area contributed by atoms with Crippen LogP contribution in [0.3, 0.4) is 0 Å². The number of carbonyl (C=O) groups excluding carboxylic acids is 1. The Labute approximate surface area is 235 Å². The summed E-state index contributed by atoms with van der Waals surface area (Å²) in [6, 6.07) is 11.3. The number of ether oxygens (including phenoxy) is 2. The quantitative estimate of drug-likeness (QED) is 0.301. The van der Waals surface area contributed by atoms with Crippen LogP contribution in [0, 0.1) is 5.92 Å². The number of carbonyl (C=O) groups is 1. The monoisotopic (exact) mass is 575 g/mol. The highest BCUT2D eigenvalue weighted by atomic mass is 19.4. The highest BCUT2D eigenvalue weighted by Gasteiger charge is 2.31. The van der Waals surface area contributed by atoms with Gasteiger partial charge in [0.1, 0.15) is 19.2 Å². The lowest BCUT2D eigenvalue weighted by Crippen LogP contribution is -2.52. The summed E-state index contributed by atoms with van der Waals surface area (Å²) in [6.45, 7) is 4.41. The molecule has 220 valence electrons. The number of anilines is 1. The Morgan fingerprint density at radius 1 is 1.02 bits per heavy atom. The number of hydrogen-bond acceptors (Lipinski definition) is 9. The molecule has 2 aliphatic rings. The number of benzene rings is 1. The molecular weight excluding hydrogens is 543 g/mol. The van der Waals surface area contributed by atoms with Crippen molar-refractivity contribution in [3.8, 4) is 17.1 Å². The molecule has 2 fully saturated rings. The molecule has 14 heteroatoms. The third-order valence-electron chi connectivity index (χ3n) is 7.13. The number of halogens is 3. The summed E-state index contributed by atoms with van der Waals surface area (Å²) >= 11 is 0. The van der Waals surface area contributed by atoms with Gasteiger partial charge < -0.3 is 29.1 Å². The van der Waals surface area contributed by atoms with Crippen LogP contribution in [0.5, 0.6) is 5.75 Å². The van der Waals surface area contributed by atoms with E-state index in [9.17, 15) is 18.0 Å². The average molecular weight is 576 g/mol. The highest BCUT2D eigenvalue weighted by Crippen LogP contribution is 2.27. The van der Waals surface area contributed by atoms with E-state index in [4.69, 9.17) is 9.26 Å². The first kappa shape index (κ1) is 28.6. The molecule has 3 aromatic rings. The number of urea groups is 1. The first-order chi connectivity index (χ1) is 19.8. The van der Waals surface area contributed by atoms with E-state index in [1.807, 2.05) is 23.2 Å². The van der Waals surface area contributed by atoms with Crippen molar-refractivity contribution >= 4 is 12.0 Å². The fourth-order valence-electron chi connectivity index (χ4n) is 4.90. The van der Waals surface area contributed by atoms with Crippen molar-refractivity contribution in [1.29, 1.82) is 0 Å². The van der Waals surface area contributed by atoms with E-state index in [0.29, 0.717) is 44.4 Å². The minimum atomic E-state index is -4.76. The van der Waals surface area contributed by atoms with Gasteiger partial charge in [0.2, 0.25) is 5.82 Å². The van der Waals surface area contributed by atoms with Gasteiger partial charge in [0, 0.05) is 56.7 Å². The fourth-order valence-corrected chi connectivity index (χ4v) is 4.90. The second-order valence-electron chi connectivity index (χ2n) is 9.99. The molecule has 5 rings (SSSR count). The first-order valence-electron chi connectivity index (χ1n) is 13.5. The van der Waals surface area contributed by atoms with Crippen LogP contribution in [-0.2, 0) is 11.2 Å². The van der Waals surface area contributed by atoms with Crippen LogP contribution >= 0.6 is 0 Å². The minimum Gasteiger partial charge on any atom is -0.406 e. The maximum Gasteiger partial charge on any atom is 0.573 e. The number of pyridine rings is 1. The summed E-state index contributed by atoms with van der Waals surface area (Å²) in [5.41, 5.74) is 1.63. The van der Waals surface area contributed by atoms with Gasteiger partial charge in [-0.3, -0.25) is 9.88 Å². The number of likely N-dealkylation sites (tertiary alicyclic amines) is 1. The van der Waals surface area contributed by atoms with Gasteiger partial charge in [-0.1, -0.05) is 11.2 Å². The van der Waals surface area contributed by atoms with E-state index in [2.05, 4.69) is 36.1 Å². The Hall–Kier alpha value is -3.91. The summed E-state index contributed by atoms with van der Waals surface area (Å²) < 4.78 is 52.0. The molecule has 0 radical (unpaired) electrons. The predicted octanol–water partition coefficient (Wildman–Crippen LogP) is 3.75. The SMILES string of the molecule is O=C(NCOCN1CCC(Cc2ccccn2)CC1)N1CCN(c2nc(-c3ccc(OC(F)(F)F)cc3)no2)CC1. The molecule has 0 spiro atoms. The molecule has 2 aliphatic heterocycles. The second kappa shape index (κ2) is 13.2. The summed E-state index contributed by atoms with van der Waals surface area (Å²) in [5.74, 6) is 0.543. The van der Waals surface area contributed by atoms with Gasteiger partial charge in [-0.2, -0.15) is 4.98 Å². The smallest absolute Gasteiger partial charge is 0.406 e. The third-order valence-corrected chi connectivity index (χ3v) is 7.13. The summed E-state index contributed by atoms with van der Waals surface area (Å²) in [4.78, 5) is 27.2. The molecule has 0 saturated carbocycles. The minimum absolute atomic E-state index is 0.132. The highest BCUT2D eigenvalue weighted by molar-refractivity contribution is 5.74. The molecule has 2 amide bonds. The average Bonchev–Trinajstić information content (AvgIpc) is 3.47. The molecule has 2 aromatic heterocycles. The molecule has 0 aliphatic carbocycles. The van der Waals surface area contributed by atoms with Gasteiger partial charge in [-0.05, 0) is 61.6 Å². The van der Waals surface area contributed by atoms with Gasteiger partial charge >= 0.3 is 18.4 Å². The molecule has 11 nitrogen and oxygen atoms in total. The Kier molecular flexibility index (Phi) is 9.19. The van der Waals surface area contributed by atoms with Gasteiger partial charge in [0.25, 0.3) is 0 Å². The van der Waals surface area contributed by atoms with E-state index in [-0.39, 0.29) is 30.4 Å². The Balaban J connectivity index is 0.976. The predicted molar refractivity (Wildman–Crippen MR) is 142 cm³/mol. The molecule has 0 atom stereocenters. The van der Waals surface area contributed by atoms with E-state index < -0.39 is 6.36 Å². The van der Waals surface area contributed by atoms with Crippen LogP contribution in [-0.4, -0.2) is 90.0 Å². The van der Waals surface area contributed by atoms with Crippen molar-refractivity contribution in [2.75, 3.05) is 57.6 Å². The molecule has 0 bridgehead atoms. The van der Waals surface area contributed by atoms with Gasteiger partial charge in [-0.15, -0.1) is 13.2 Å².